The van der Waals surface area contributed by atoms with Crippen LogP contribution < -0.4 is 5.59 Å². The van der Waals surface area contributed by atoms with Crippen molar-refractivity contribution in [2.24, 2.45) is 0 Å². The van der Waals surface area contributed by atoms with Gasteiger partial charge < -0.3 is 14.0 Å². The quantitative estimate of drug-likeness (QED) is 0.704. The fourth-order valence-electron chi connectivity index (χ4n) is 1.56. The van der Waals surface area contributed by atoms with E-state index in [-0.39, 0.29) is 11.2 Å². The van der Waals surface area contributed by atoms with Crippen LogP contribution in [0.15, 0.2) is 6.20 Å². The van der Waals surface area contributed by atoms with Crippen LogP contribution in [0.5, 0.6) is 0 Å². The summed E-state index contributed by atoms with van der Waals surface area (Å²) in [4.78, 5) is 1.46. The predicted molar refractivity (Wildman–Crippen MR) is 62.7 cm³/mol. The Bertz CT molecular complexity index is 389. The van der Waals surface area contributed by atoms with Crippen LogP contribution >= 0.6 is 0 Å². The highest BCUT2D eigenvalue weighted by molar-refractivity contribution is 6.61. The summed E-state index contributed by atoms with van der Waals surface area (Å²) in [7, 11) is 1.13. The standard InChI is InChI=1S/C10H18BN3O3/c1-9(2)10(3,4)17-11(16-9)8-6-12-14(13-8)7-15-5/h6H,7H2,1-5H3. The minimum atomic E-state index is -0.467. The van der Waals surface area contributed by atoms with Gasteiger partial charge in [-0.1, -0.05) is 0 Å². The summed E-state index contributed by atoms with van der Waals surface area (Å²) < 4.78 is 16.7. The highest BCUT2D eigenvalue weighted by Crippen LogP contribution is 2.36. The summed E-state index contributed by atoms with van der Waals surface area (Å²) in [6.07, 6.45) is 1.64. The molecule has 0 aliphatic carbocycles. The summed E-state index contributed by atoms with van der Waals surface area (Å²) in [5, 5.41) is 8.31. The van der Waals surface area contributed by atoms with Gasteiger partial charge in [-0.05, 0) is 27.7 Å². The Labute approximate surface area is 101 Å². The number of rotatable bonds is 3. The number of methoxy groups -OCH3 is 1. The zero-order valence-corrected chi connectivity index (χ0v) is 10.9. The van der Waals surface area contributed by atoms with Crippen molar-refractivity contribution in [2.75, 3.05) is 7.11 Å². The molecule has 2 rings (SSSR count). The molecule has 1 fully saturated rings. The van der Waals surface area contributed by atoms with Crippen LogP contribution in [0.4, 0.5) is 0 Å². The van der Waals surface area contributed by atoms with Gasteiger partial charge in [-0.25, -0.2) is 0 Å². The first-order valence-corrected chi connectivity index (χ1v) is 5.60. The monoisotopic (exact) mass is 239 g/mol. The van der Waals surface area contributed by atoms with E-state index in [0.717, 1.165) is 0 Å². The van der Waals surface area contributed by atoms with Crippen LogP contribution in [0, 0.1) is 0 Å². The third-order valence-electron chi connectivity index (χ3n) is 3.29. The average molecular weight is 239 g/mol. The van der Waals surface area contributed by atoms with Crippen molar-refractivity contribution in [3.05, 3.63) is 6.20 Å². The lowest BCUT2D eigenvalue weighted by atomic mass is 9.86. The van der Waals surface area contributed by atoms with Gasteiger partial charge in [-0.3, -0.25) is 0 Å². The van der Waals surface area contributed by atoms with Crippen LogP contribution in [0.2, 0.25) is 0 Å². The van der Waals surface area contributed by atoms with Gasteiger partial charge in [0, 0.05) is 7.11 Å². The van der Waals surface area contributed by atoms with Crippen molar-refractivity contribution >= 4 is 12.7 Å². The van der Waals surface area contributed by atoms with Gasteiger partial charge in [0.05, 0.1) is 17.4 Å². The number of hydrogen-bond acceptors (Lipinski definition) is 5. The normalized spacial score (nSPS) is 22.1. The van der Waals surface area contributed by atoms with Gasteiger partial charge >= 0.3 is 7.12 Å². The molecule has 0 atom stereocenters. The first kappa shape index (κ1) is 12.5. The van der Waals surface area contributed by atoms with Crippen LogP contribution in [-0.4, -0.2) is 40.4 Å². The SMILES string of the molecule is COCn1ncc(B2OC(C)(C)C(C)(C)O2)n1. The Morgan fingerprint density at radius 1 is 1.29 bits per heavy atom. The molecule has 1 aromatic heterocycles. The summed E-state index contributed by atoms with van der Waals surface area (Å²) >= 11 is 0. The average Bonchev–Trinajstić information content (AvgIpc) is 2.71. The van der Waals surface area contributed by atoms with E-state index in [9.17, 15) is 0 Å². The number of aromatic nitrogens is 3. The highest BCUT2D eigenvalue weighted by Gasteiger charge is 2.52. The van der Waals surface area contributed by atoms with E-state index >= 15 is 0 Å². The molecule has 1 saturated heterocycles. The van der Waals surface area contributed by atoms with E-state index in [1.54, 1.807) is 13.3 Å². The minimum absolute atomic E-state index is 0.319. The molecule has 94 valence electrons. The predicted octanol–water partition coefficient (Wildman–Crippen LogP) is 0.181. The van der Waals surface area contributed by atoms with Crippen LogP contribution in [0.1, 0.15) is 27.7 Å². The van der Waals surface area contributed by atoms with Gasteiger partial charge in [-0.2, -0.15) is 15.0 Å². The molecule has 0 aromatic carbocycles. The van der Waals surface area contributed by atoms with E-state index < -0.39 is 7.12 Å². The summed E-state index contributed by atoms with van der Waals surface area (Å²) in [6, 6.07) is 0. The molecule has 1 aromatic rings. The van der Waals surface area contributed by atoms with Gasteiger partial charge in [0.2, 0.25) is 0 Å². The zero-order chi connectivity index (χ0) is 12.7. The Balaban J connectivity index is 2.14. The summed E-state index contributed by atoms with van der Waals surface area (Å²) in [5.74, 6) is 0. The molecule has 2 heterocycles. The van der Waals surface area contributed by atoms with E-state index in [4.69, 9.17) is 14.0 Å². The van der Waals surface area contributed by atoms with E-state index in [2.05, 4.69) is 10.2 Å². The molecule has 0 radical (unpaired) electrons. The largest absolute Gasteiger partial charge is 0.518 e. The molecule has 0 bridgehead atoms. The van der Waals surface area contributed by atoms with Gasteiger partial charge in [0.15, 0.2) is 6.73 Å². The van der Waals surface area contributed by atoms with E-state index in [1.165, 1.54) is 4.80 Å². The molecular formula is C10H18BN3O3. The molecule has 0 amide bonds. The van der Waals surface area contributed by atoms with Crippen LogP contribution in [-0.2, 0) is 20.8 Å². The third-order valence-corrected chi connectivity index (χ3v) is 3.29. The van der Waals surface area contributed by atoms with Crippen molar-refractivity contribution in [1.82, 2.24) is 15.0 Å². The number of nitrogens with zero attached hydrogens (tertiary/aromatic N) is 3. The second-order valence-electron chi connectivity index (χ2n) is 5.15. The molecule has 1 aliphatic rings. The molecule has 0 unspecified atom stereocenters. The molecule has 1 aliphatic heterocycles. The summed E-state index contributed by atoms with van der Waals surface area (Å²) in [6.45, 7) is 8.35. The minimum Gasteiger partial charge on any atom is -0.398 e. The number of hydrogen-bond donors (Lipinski definition) is 0. The lowest BCUT2D eigenvalue weighted by Gasteiger charge is -2.32. The Morgan fingerprint density at radius 3 is 2.41 bits per heavy atom. The van der Waals surface area contributed by atoms with Crippen molar-refractivity contribution < 1.29 is 14.0 Å². The first-order chi connectivity index (χ1) is 7.86. The van der Waals surface area contributed by atoms with Gasteiger partial charge in [0.25, 0.3) is 0 Å². The molecule has 0 spiro atoms. The maximum absolute atomic E-state index is 5.86. The molecule has 0 N–H and O–H groups in total. The molecule has 7 heteroatoms. The smallest absolute Gasteiger partial charge is 0.398 e. The highest BCUT2D eigenvalue weighted by atomic mass is 16.7. The van der Waals surface area contributed by atoms with Gasteiger partial charge in [0.1, 0.15) is 5.59 Å². The van der Waals surface area contributed by atoms with Crippen molar-refractivity contribution in [3.8, 4) is 0 Å². The van der Waals surface area contributed by atoms with Crippen molar-refractivity contribution in [2.45, 2.75) is 45.6 Å². The molecule has 17 heavy (non-hydrogen) atoms. The maximum atomic E-state index is 5.86. The number of ether oxygens (including phenoxy) is 1. The summed E-state index contributed by atoms with van der Waals surface area (Å²) in [5.41, 5.74) is -0.0495. The fourth-order valence-corrected chi connectivity index (χ4v) is 1.56. The van der Waals surface area contributed by atoms with E-state index in [1.807, 2.05) is 27.7 Å². The van der Waals surface area contributed by atoms with Crippen LogP contribution in [0.25, 0.3) is 0 Å². The van der Waals surface area contributed by atoms with E-state index in [0.29, 0.717) is 12.3 Å². The molecule has 0 saturated carbocycles. The zero-order valence-electron chi connectivity index (χ0n) is 10.9. The Hall–Kier alpha value is -0.915. The second kappa shape index (κ2) is 4.08. The second-order valence-corrected chi connectivity index (χ2v) is 5.15. The lowest BCUT2D eigenvalue weighted by molar-refractivity contribution is 0.00578. The third kappa shape index (κ3) is 2.22. The lowest BCUT2D eigenvalue weighted by Crippen LogP contribution is -2.41. The first-order valence-electron chi connectivity index (χ1n) is 5.60. The van der Waals surface area contributed by atoms with Gasteiger partial charge in [-0.15, -0.1) is 0 Å². The Morgan fingerprint density at radius 2 is 1.88 bits per heavy atom. The van der Waals surface area contributed by atoms with Crippen LogP contribution in [0.3, 0.4) is 0 Å². The molecule has 6 nitrogen and oxygen atoms in total. The maximum Gasteiger partial charge on any atom is 0.518 e. The topological polar surface area (TPSA) is 58.4 Å². The van der Waals surface area contributed by atoms with Crippen molar-refractivity contribution in [3.63, 3.8) is 0 Å². The van der Waals surface area contributed by atoms with Crippen molar-refractivity contribution in [1.29, 1.82) is 0 Å². The Kier molecular flexibility index (Phi) is 3.01. The fraction of sp³-hybridized carbons (Fsp3) is 0.800. The molecular weight excluding hydrogens is 221 g/mol.